The van der Waals surface area contributed by atoms with Gasteiger partial charge in [-0.15, -0.1) is 0 Å². The fraction of sp³-hybridized carbons (Fsp3) is 0.622. The van der Waals surface area contributed by atoms with E-state index >= 15 is 0 Å². The second-order valence-corrected chi connectivity index (χ2v) is 27.8. The van der Waals surface area contributed by atoms with Gasteiger partial charge in [0.25, 0.3) is 0 Å². The number of Topliss-reactive ketones (excluding diaryl/α,β-unsaturated/α-hetero) is 2. The number of aliphatic hydroxyl groups is 14. The highest BCUT2D eigenvalue weighted by Gasteiger charge is 2.53. The molecule has 0 aromatic rings. The average Bonchev–Trinajstić information content (AvgIpc) is 0.795. The van der Waals surface area contributed by atoms with Crippen LogP contribution >= 0.6 is 0 Å². The number of rotatable bonds is 27. The summed E-state index contributed by atoms with van der Waals surface area (Å²) < 4.78 is 53.3. The zero-order valence-electron chi connectivity index (χ0n) is 60.6. The van der Waals surface area contributed by atoms with Gasteiger partial charge in [-0.3, -0.25) is 28.8 Å². The number of esters is 4. The van der Waals surface area contributed by atoms with Gasteiger partial charge in [0.1, 0.15) is 111 Å². The highest BCUT2D eigenvalue weighted by molar-refractivity contribution is 6.02. The summed E-state index contributed by atoms with van der Waals surface area (Å²) in [4.78, 5) is 76.2. The Hall–Kier alpha value is -6.44. The molecule has 4 aliphatic heterocycles. The fourth-order valence-electron chi connectivity index (χ4n) is 12.0. The van der Waals surface area contributed by atoms with Crippen LogP contribution in [0.3, 0.4) is 0 Å². The molecule has 22 atom stereocenters. The van der Waals surface area contributed by atoms with Crippen molar-refractivity contribution >= 4 is 35.4 Å². The molecule has 22 unspecified atom stereocenters. The number of ether oxygens (including phenoxy) is 10. The zero-order chi connectivity index (χ0) is 77.8. The predicted octanol–water partition coefficient (Wildman–Crippen LogP) is 0.928. The first-order chi connectivity index (χ1) is 48.8. The molecule has 0 aromatic carbocycles. The first kappa shape index (κ1) is 88.2. The van der Waals surface area contributed by atoms with Crippen LogP contribution in [-0.2, 0) is 76.1 Å². The maximum atomic E-state index is 13.4. The van der Waals surface area contributed by atoms with Crippen molar-refractivity contribution < 1.29 is 148 Å². The molecule has 582 valence electrons. The van der Waals surface area contributed by atoms with Gasteiger partial charge >= 0.3 is 23.9 Å². The van der Waals surface area contributed by atoms with E-state index in [1.54, 1.807) is 13.8 Å². The van der Waals surface area contributed by atoms with Crippen LogP contribution in [0.1, 0.15) is 122 Å². The molecule has 0 aromatic heterocycles. The molecule has 2 aliphatic carbocycles. The van der Waals surface area contributed by atoms with E-state index in [9.17, 15) is 100 Å². The van der Waals surface area contributed by atoms with E-state index in [2.05, 4.69) is 25.2 Å². The Morgan fingerprint density at radius 3 is 1.21 bits per heavy atom. The molecule has 4 fully saturated rings. The van der Waals surface area contributed by atoms with Gasteiger partial charge in [-0.2, -0.15) is 0 Å². The molecule has 0 bridgehead atoms. The summed E-state index contributed by atoms with van der Waals surface area (Å²) >= 11 is 0. The molecular formula is C74H106O30. The fourth-order valence-corrected chi connectivity index (χ4v) is 12.0. The van der Waals surface area contributed by atoms with Gasteiger partial charge < -0.3 is 119 Å². The quantitative estimate of drug-likeness (QED) is 0.0309. The molecule has 14 N–H and O–H groups in total. The maximum Gasteiger partial charge on any atom is 0.307 e. The molecule has 0 spiro atoms. The van der Waals surface area contributed by atoms with Crippen LogP contribution in [0.4, 0.5) is 0 Å². The summed E-state index contributed by atoms with van der Waals surface area (Å²) in [6.07, 6.45) is -9.51. The molecule has 4 saturated heterocycles. The summed E-state index contributed by atoms with van der Waals surface area (Å²) in [5.74, 6) is -4.05. The van der Waals surface area contributed by atoms with Crippen LogP contribution < -0.4 is 0 Å². The van der Waals surface area contributed by atoms with E-state index in [0.29, 0.717) is 17.6 Å². The van der Waals surface area contributed by atoms with Crippen LogP contribution in [0, 0.1) is 10.8 Å². The van der Waals surface area contributed by atoms with Crippen molar-refractivity contribution in [1.82, 2.24) is 0 Å². The van der Waals surface area contributed by atoms with Gasteiger partial charge in [0, 0.05) is 12.8 Å². The maximum absolute atomic E-state index is 13.4. The molecule has 4 heterocycles. The second-order valence-electron chi connectivity index (χ2n) is 27.8. The molecule has 104 heavy (non-hydrogen) atoms. The van der Waals surface area contributed by atoms with Crippen molar-refractivity contribution in [3.05, 3.63) is 130 Å². The van der Waals surface area contributed by atoms with Crippen molar-refractivity contribution in [3.63, 3.8) is 0 Å². The van der Waals surface area contributed by atoms with E-state index in [4.69, 9.17) is 47.4 Å². The van der Waals surface area contributed by atoms with Gasteiger partial charge in [0.2, 0.25) is 0 Å². The van der Waals surface area contributed by atoms with E-state index in [1.807, 2.05) is 129 Å². The van der Waals surface area contributed by atoms with Crippen LogP contribution in [0.15, 0.2) is 130 Å². The SMILES string of the molecule is C/C=C/C(C)=C/C=C/C(C)=C/C=C/C=C(C)/C=C/C=C(C)/C=C/C1=C(C)C(=O)C(OC(=O)CCC(=O)OCC2OC(O)C(O)C(O)C2OC2OC(CO)C(O)C(O)C2O)CC1(C)C.CC1=C(C)C(C)(C)CC(OC(=O)CCC(=O)OCC2OC(O)C(O)C(O)C2OC2OC(CO)C(O)C(O)C2O)C1=O. The third-order valence-electron chi connectivity index (χ3n) is 18.7. The summed E-state index contributed by atoms with van der Waals surface area (Å²) in [6, 6.07) is 0. The number of carbonyl (C=O) groups excluding carboxylic acids is 6. The smallest absolute Gasteiger partial charge is 0.307 e. The topological polar surface area (TPSA) is 478 Å². The summed E-state index contributed by atoms with van der Waals surface area (Å²) in [7, 11) is 0. The third kappa shape index (κ3) is 24.6. The molecule has 30 heteroatoms. The van der Waals surface area contributed by atoms with Gasteiger partial charge in [-0.25, -0.2) is 0 Å². The molecule has 0 amide bonds. The summed E-state index contributed by atoms with van der Waals surface area (Å²) in [5, 5.41) is 141. The Kier molecular flexibility index (Phi) is 34.3. The van der Waals surface area contributed by atoms with Crippen molar-refractivity contribution in [2.45, 2.75) is 257 Å². The molecule has 0 radical (unpaired) electrons. The van der Waals surface area contributed by atoms with Gasteiger partial charge in [-0.1, -0.05) is 141 Å². The van der Waals surface area contributed by atoms with Crippen molar-refractivity contribution in [2.24, 2.45) is 10.8 Å². The number of hydrogen-bond donors (Lipinski definition) is 14. The Labute approximate surface area is 604 Å². The van der Waals surface area contributed by atoms with Crippen molar-refractivity contribution in [1.29, 1.82) is 0 Å². The monoisotopic (exact) mass is 1470 g/mol. The van der Waals surface area contributed by atoms with Crippen molar-refractivity contribution in [3.8, 4) is 0 Å². The van der Waals surface area contributed by atoms with E-state index in [-0.39, 0.29) is 23.4 Å². The predicted molar refractivity (Wildman–Crippen MR) is 367 cm³/mol. The van der Waals surface area contributed by atoms with Gasteiger partial charge in [-0.05, 0) is 82.9 Å². The van der Waals surface area contributed by atoms with Crippen LogP contribution in [0.2, 0.25) is 0 Å². The first-order valence-electron chi connectivity index (χ1n) is 34.3. The standard InChI is InChI=1S/C48H66O15.C26H40O15/c1-9-14-28(2)17-12-18-29(3)15-10-11-16-30(4)19-13-20-31(5)21-22-33-32(6)39(52)34(25-48(33,7)8)60-38(51)24-23-37(50)59-27-36-45(42(55)43(56)46(58)61-36)63-47-44(57)41(54)40(53)35(26-49)62-47;1-10-11(2)26(3,4)7-12(17(10)30)38-16(29)6-5-15(28)37-9-14-23(20(33)21(34)24(36)39-14)41-25-22(35)19(32)18(31)13(8-27)40-25/h9-22,34-36,40-47,49,53-58H,23-27H2,1-8H3;12-14,18-25,27,31-36H,5-9H2,1-4H3/b11-10+,14-9+,18-12+,19-13+,22-21+,28-17+,29-15+,30-16+,31-20+;. The minimum Gasteiger partial charge on any atom is -0.463 e. The van der Waals surface area contributed by atoms with Crippen LogP contribution in [-0.4, -0.2) is 268 Å². The lowest BCUT2D eigenvalue weighted by Crippen LogP contribution is -2.64. The largest absolute Gasteiger partial charge is 0.463 e. The highest BCUT2D eigenvalue weighted by Crippen LogP contribution is 2.42. The second kappa shape index (κ2) is 40.5. The normalized spacial score (nSPS) is 34.7. The van der Waals surface area contributed by atoms with Crippen LogP contribution in [0.25, 0.3) is 0 Å². The lowest BCUT2D eigenvalue weighted by atomic mass is 9.71. The third-order valence-corrected chi connectivity index (χ3v) is 18.7. The zero-order valence-corrected chi connectivity index (χ0v) is 60.6. The minimum absolute atomic E-state index is 0.211. The van der Waals surface area contributed by atoms with Crippen LogP contribution in [0.5, 0.6) is 0 Å². The molecule has 30 nitrogen and oxygen atoms in total. The highest BCUT2D eigenvalue weighted by atomic mass is 16.7. The van der Waals surface area contributed by atoms with E-state index in [0.717, 1.165) is 27.9 Å². The molecule has 6 aliphatic rings. The number of hydrogen-bond acceptors (Lipinski definition) is 30. The Morgan fingerprint density at radius 1 is 0.442 bits per heavy atom. The lowest BCUT2D eigenvalue weighted by molar-refractivity contribution is -0.355. The summed E-state index contributed by atoms with van der Waals surface area (Å²) in [5.41, 5.74) is 6.16. The lowest BCUT2D eigenvalue weighted by Gasteiger charge is -2.45. The first-order valence-corrected chi connectivity index (χ1v) is 34.3. The van der Waals surface area contributed by atoms with E-state index < -0.39 is 216 Å². The molecule has 0 saturated carbocycles. The Bertz CT molecular complexity index is 3290. The van der Waals surface area contributed by atoms with Crippen molar-refractivity contribution in [2.75, 3.05) is 26.4 Å². The number of ketones is 2. The molecular weight excluding hydrogens is 1370 g/mol. The number of aliphatic hydroxyl groups excluding tert-OH is 14. The van der Waals surface area contributed by atoms with E-state index in [1.165, 1.54) is 5.57 Å². The minimum atomic E-state index is -1.93. The number of allylic oxidation sites excluding steroid dienone is 20. The summed E-state index contributed by atoms with van der Waals surface area (Å²) in [6.45, 7) is 20.2. The van der Waals surface area contributed by atoms with Gasteiger partial charge in [0.05, 0.1) is 38.9 Å². The number of carbonyl (C=O) groups is 6. The average molecular weight is 1480 g/mol. The van der Waals surface area contributed by atoms with Gasteiger partial charge in [0.15, 0.2) is 48.9 Å². The Balaban J connectivity index is 0.000000408. The Morgan fingerprint density at radius 2 is 0.808 bits per heavy atom. The molecule has 6 rings (SSSR count).